The first-order valence-electron chi connectivity index (χ1n) is 3.42. The summed E-state index contributed by atoms with van der Waals surface area (Å²) in [4.78, 5) is 0. The van der Waals surface area contributed by atoms with Crippen molar-refractivity contribution in [2.45, 2.75) is 9.58 Å². The van der Waals surface area contributed by atoms with Crippen LogP contribution in [-0.2, 0) is 5.79 Å². The van der Waals surface area contributed by atoms with Crippen LogP contribution in [-0.4, -0.2) is 14.0 Å². The van der Waals surface area contributed by atoms with Gasteiger partial charge in [0.25, 0.3) is 0 Å². The predicted molar refractivity (Wildman–Crippen MR) is 52.8 cm³/mol. The number of rotatable bonds is 1. The van der Waals surface area contributed by atoms with E-state index in [-0.39, 0.29) is 5.56 Å². The van der Waals surface area contributed by atoms with Gasteiger partial charge in [-0.2, -0.15) is 0 Å². The van der Waals surface area contributed by atoms with Gasteiger partial charge in [0.1, 0.15) is 0 Å². The molecule has 0 spiro atoms. The highest BCUT2D eigenvalue weighted by Crippen LogP contribution is 2.42. The first-order chi connectivity index (χ1) is 5.86. The van der Waals surface area contributed by atoms with E-state index in [1.165, 1.54) is 12.1 Å². The molecule has 0 saturated heterocycles. The Kier molecular flexibility index (Phi) is 3.10. The van der Waals surface area contributed by atoms with Gasteiger partial charge in [0.05, 0.1) is 0 Å². The van der Waals surface area contributed by atoms with Crippen LogP contribution < -0.4 is 0 Å². The van der Waals surface area contributed by atoms with Gasteiger partial charge in [0, 0.05) is 5.56 Å². The Balaban J connectivity index is 3.08. The lowest BCUT2D eigenvalue weighted by Crippen LogP contribution is -2.39. The Morgan fingerprint density at radius 3 is 1.77 bits per heavy atom. The highest BCUT2D eigenvalue weighted by molar-refractivity contribution is 6.68. The van der Waals surface area contributed by atoms with Gasteiger partial charge < -0.3 is 10.2 Å². The van der Waals surface area contributed by atoms with E-state index in [0.717, 1.165) is 0 Å². The molecule has 1 rings (SSSR count). The molecular formula is C8H7Cl3O2. The minimum absolute atomic E-state index is 0.134. The van der Waals surface area contributed by atoms with Crippen molar-refractivity contribution >= 4 is 34.8 Å². The molecule has 0 aliphatic heterocycles. The second-order valence-electron chi connectivity index (χ2n) is 2.54. The normalized spacial score (nSPS) is 13.0. The molecule has 0 radical (unpaired) electrons. The number of alkyl halides is 3. The highest BCUT2D eigenvalue weighted by atomic mass is 35.6. The van der Waals surface area contributed by atoms with Gasteiger partial charge in [-0.3, -0.25) is 0 Å². The Morgan fingerprint density at radius 2 is 1.38 bits per heavy atom. The van der Waals surface area contributed by atoms with E-state index in [2.05, 4.69) is 0 Å². The predicted octanol–water partition coefficient (Wildman–Crippen LogP) is 2.19. The first-order valence-corrected chi connectivity index (χ1v) is 4.56. The third-order valence-corrected chi connectivity index (χ3v) is 2.36. The molecule has 72 valence electrons. The molecule has 5 heteroatoms. The van der Waals surface area contributed by atoms with Gasteiger partial charge in [-0.1, -0.05) is 65.1 Å². The van der Waals surface area contributed by atoms with Crippen molar-refractivity contribution in [1.29, 1.82) is 0 Å². The molecule has 1 aromatic carbocycles. The first kappa shape index (κ1) is 11.1. The average molecular weight is 242 g/mol. The lowest BCUT2D eigenvalue weighted by atomic mass is 10.1. The third kappa shape index (κ3) is 2.27. The zero-order valence-electron chi connectivity index (χ0n) is 6.42. The maximum Gasteiger partial charge on any atom is 0.248 e. The van der Waals surface area contributed by atoms with Crippen molar-refractivity contribution in [3.63, 3.8) is 0 Å². The molecule has 0 aliphatic carbocycles. The van der Waals surface area contributed by atoms with E-state index in [0.29, 0.717) is 0 Å². The van der Waals surface area contributed by atoms with Crippen molar-refractivity contribution in [2.24, 2.45) is 0 Å². The average Bonchev–Trinajstić information content (AvgIpc) is 2.04. The highest BCUT2D eigenvalue weighted by Gasteiger charge is 2.47. The van der Waals surface area contributed by atoms with Crippen LogP contribution in [0.5, 0.6) is 0 Å². The third-order valence-electron chi connectivity index (χ3n) is 1.57. The second kappa shape index (κ2) is 3.64. The molecule has 0 fully saturated rings. The molecule has 13 heavy (non-hydrogen) atoms. The fraction of sp³-hybridized carbons (Fsp3) is 0.250. The van der Waals surface area contributed by atoms with Crippen molar-refractivity contribution in [3.8, 4) is 0 Å². The Labute approximate surface area is 90.7 Å². The van der Waals surface area contributed by atoms with E-state index < -0.39 is 9.58 Å². The standard InChI is InChI=1S/C8H7Cl3O2/c9-8(10,11)7(12,13)6-4-2-1-3-5-6/h1-5,12-13H. The van der Waals surface area contributed by atoms with Crippen LogP contribution in [0.15, 0.2) is 30.3 Å². The Morgan fingerprint density at radius 1 is 0.923 bits per heavy atom. The van der Waals surface area contributed by atoms with E-state index >= 15 is 0 Å². The van der Waals surface area contributed by atoms with Gasteiger partial charge in [-0.25, -0.2) is 0 Å². The number of hydrogen-bond acceptors (Lipinski definition) is 2. The van der Waals surface area contributed by atoms with E-state index in [9.17, 15) is 10.2 Å². The monoisotopic (exact) mass is 240 g/mol. The van der Waals surface area contributed by atoms with Crippen molar-refractivity contribution in [3.05, 3.63) is 35.9 Å². The summed E-state index contributed by atoms with van der Waals surface area (Å²) in [6, 6.07) is 7.88. The van der Waals surface area contributed by atoms with E-state index in [1.807, 2.05) is 0 Å². The van der Waals surface area contributed by atoms with Crippen LogP contribution >= 0.6 is 34.8 Å². The maximum absolute atomic E-state index is 9.48. The summed E-state index contributed by atoms with van der Waals surface area (Å²) >= 11 is 16.2. The van der Waals surface area contributed by atoms with Crippen molar-refractivity contribution in [2.75, 3.05) is 0 Å². The molecule has 0 saturated carbocycles. The summed E-state index contributed by atoms with van der Waals surface area (Å²) in [7, 11) is 0. The molecule has 1 aromatic rings. The fourth-order valence-electron chi connectivity index (χ4n) is 0.834. The van der Waals surface area contributed by atoms with Crippen LogP contribution in [0.25, 0.3) is 0 Å². The van der Waals surface area contributed by atoms with Crippen LogP contribution in [0.1, 0.15) is 5.56 Å². The van der Waals surface area contributed by atoms with Gasteiger partial charge in [0.2, 0.25) is 9.58 Å². The lowest BCUT2D eigenvalue weighted by molar-refractivity contribution is -0.165. The van der Waals surface area contributed by atoms with Crippen LogP contribution in [0, 0.1) is 0 Å². The van der Waals surface area contributed by atoms with E-state index in [1.54, 1.807) is 18.2 Å². The number of benzene rings is 1. The number of hydrogen-bond donors (Lipinski definition) is 2. The van der Waals surface area contributed by atoms with E-state index in [4.69, 9.17) is 34.8 Å². The minimum atomic E-state index is -2.47. The topological polar surface area (TPSA) is 40.5 Å². The molecule has 2 N–H and O–H groups in total. The molecular weight excluding hydrogens is 234 g/mol. The molecule has 0 unspecified atom stereocenters. The molecule has 0 aliphatic rings. The zero-order chi connectivity index (χ0) is 10.1. The molecule has 0 aromatic heterocycles. The Bertz CT molecular complexity index is 279. The van der Waals surface area contributed by atoms with Crippen molar-refractivity contribution < 1.29 is 10.2 Å². The van der Waals surface area contributed by atoms with Crippen LogP contribution in [0.2, 0.25) is 0 Å². The van der Waals surface area contributed by atoms with Crippen LogP contribution in [0.4, 0.5) is 0 Å². The number of aliphatic hydroxyl groups is 2. The molecule has 0 heterocycles. The SMILES string of the molecule is OC(O)(c1ccccc1)C(Cl)(Cl)Cl. The molecule has 0 bridgehead atoms. The lowest BCUT2D eigenvalue weighted by Gasteiger charge is -2.28. The summed E-state index contributed by atoms with van der Waals surface area (Å²) in [6.45, 7) is 0. The van der Waals surface area contributed by atoms with Crippen molar-refractivity contribution in [1.82, 2.24) is 0 Å². The quantitative estimate of drug-likeness (QED) is 0.584. The largest absolute Gasteiger partial charge is 0.359 e. The van der Waals surface area contributed by atoms with Gasteiger partial charge >= 0.3 is 0 Å². The molecule has 0 amide bonds. The number of halogens is 3. The summed E-state index contributed by atoms with van der Waals surface area (Å²) in [5.41, 5.74) is 0.134. The fourth-order valence-corrected chi connectivity index (χ4v) is 1.16. The summed E-state index contributed by atoms with van der Waals surface area (Å²) < 4.78 is -2.17. The van der Waals surface area contributed by atoms with Gasteiger partial charge in [0.15, 0.2) is 0 Å². The zero-order valence-corrected chi connectivity index (χ0v) is 8.68. The summed E-state index contributed by atoms with van der Waals surface area (Å²) in [5.74, 6) is -2.47. The molecule has 2 nitrogen and oxygen atoms in total. The smallest absolute Gasteiger partial charge is 0.248 e. The summed E-state index contributed by atoms with van der Waals surface area (Å²) in [5, 5.41) is 19.0. The maximum atomic E-state index is 9.48. The Hall–Kier alpha value is 0.01000. The second-order valence-corrected chi connectivity index (χ2v) is 4.82. The summed E-state index contributed by atoms with van der Waals surface area (Å²) in [6.07, 6.45) is 0. The van der Waals surface area contributed by atoms with Crippen LogP contribution in [0.3, 0.4) is 0 Å². The van der Waals surface area contributed by atoms with Gasteiger partial charge in [-0.15, -0.1) is 0 Å². The minimum Gasteiger partial charge on any atom is -0.359 e. The van der Waals surface area contributed by atoms with Gasteiger partial charge in [-0.05, 0) is 0 Å². The molecule has 0 atom stereocenters.